The first-order valence-corrected chi connectivity index (χ1v) is 14.8. The van der Waals surface area contributed by atoms with E-state index < -0.39 is 0 Å². The maximum atomic E-state index is 2.50. The van der Waals surface area contributed by atoms with Crippen molar-refractivity contribution >= 4 is 0 Å². The van der Waals surface area contributed by atoms with E-state index in [1.165, 1.54) is 135 Å². The zero-order chi connectivity index (χ0) is 22.6. The lowest BCUT2D eigenvalue weighted by Crippen LogP contribution is -2.27. The molecule has 0 aromatic rings. The van der Waals surface area contributed by atoms with Crippen molar-refractivity contribution < 1.29 is 0 Å². The molecule has 1 nitrogen and oxygen atoms in total. The molecule has 0 saturated heterocycles. The molecule has 3 atom stereocenters. The van der Waals surface area contributed by atoms with E-state index in [0.29, 0.717) is 0 Å². The van der Waals surface area contributed by atoms with Crippen LogP contribution in [0.15, 0.2) is 0 Å². The number of nitrogens with zero attached hydrogens (tertiary/aromatic N) is 1. The topological polar surface area (TPSA) is 3.24 Å². The summed E-state index contributed by atoms with van der Waals surface area (Å²) in [4.78, 5) is 2.50. The molecule has 1 rings (SSSR count). The van der Waals surface area contributed by atoms with Crippen LogP contribution in [-0.4, -0.2) is 25.0 Å². The molecule has 31 heavy (non-hydrogen) atoms. The molecule has 0 amide bonds. The average molecular weight is 436 g/mol. The Bertz CT molecular complexity index is 363. The van der Waals surface area contributed by atoms with Crippen molar-refractivity contribution in [1.82, 2.24) is 4.90 Å². The maximum Gasteiger partial charge on any atom is 0.00891 e. The van der Waals surface area contributed by atoms with E-state index in [1.807, 2.05) is 0 Å². The third-order valence-corrected chi connectivity index (χ3v) is 7.98. The van der Waals surface area contributed by atoms with Crippen LogP contribution in [0.5, 0.6) is 0 Å². The molecule has 0 aromatic carbocycles. The van der Waals surface area contributed by atoms with Crippen molar-refractivity contribution in [2.45, 2.75) is 168 Å². The van der Waals surface area contributed by atoms with Gasteiger partial charge in [-0.3, -0.25) is 0 Å². The SMILES string of the molecule is CCCCCCCCCCC1CC1CCCCCC(CCCCCCCCC)N(C)C. The zero-order valence-electron chi connectivity index (χ0n) is 22.4. The van der Waals surface area contributed by atoms with E-state index >= 15 is 0 Å². The highest BCUT2D eigenvalue weighted by Gasteiger charge is 2.35. The molecule has 0 N–H and O–H groups in total. The summed E-state index contributed by atoms with van der Waals surface area (Å²) < 4.78 is 0. The zero-order valence-corrected chi connectivity index (χ0v) is 22.4. The third-order valence-electron chi connectivity index (χ3n) is 7.98. The molecule has 1 saturated carbocycles. The monoisotopic (exact) mass is 435 g/mol. The molecule has 1 fully saturated rings. The maximum absolute atomic E-state index is 2.50. The lowest BCUT2D eigenvalue weighted by Gasteiger charge is -2.24. The first-order chi connectivity index (χ1) is 15.2. The molecular formula is C30H61N. The van der Waals surface area contributed by atoms with E-state index in [-0.39, 0.29) is 0 Å². The highest BCUT2D eigenvalue weighted by atomic mass is 15.1. The normalized spacial score (nSPS) is 19.3. The van der Waals surface area contributed by atoms with Crippen molar-refractivity contribution in [2.75, 3.05) is 14.1 Å². The predicted molar refractivity (Wildman–Crippen MR) is 142 cm³/mol. The molecule has 3 unspecified atom stereocenters. The van der Waals surface area contributed by atoms with Gasteiger partial charge in [-0.25, -0.2) is 0 Å². The van der Waals surface area contributed by atoms with Crippen LogP contribution in [0.3, 0.4) is 0 Å². The molecule has 0 aromatic heterocycles. The van der Waals surface area contributed by atoms with Crippen molar-refractivity contribution in [3.8, 4) is 0 Å². The van der Waals surface area contributed by atoms with Gasteiger partial charge in [0, 0.05) is 6.04 Å². The Morgan fingerprint density at radius 1 is 0.516 bits per heavy atom. The predicted octanol–water partition coefficient (Wildman–Crippen LogP) is 10.2. The van der Waals surface area contributed by atoms with E-state index in [0.717, 1.165) is 17.9 Å². The minimum atomic E-state index is 0.825. The number of hydrogen-bond donors (Lipinski definition) is 0. The Morgan fingerprint density at radius 2 is 0.871 bits per heavy atom. The van der Waals surface area contributed by atoms with Crippen LogP contribution >= 0.6 is 0 Å². The second kappa shape index (κ2) is 20.6. The van der Waals surface area contributed by atoms with Gasteiger partial charge in [-0.2, -0.15) is 0 Å². The van der Waals surface area contributed by atoms with Gasteiger partial charge in [0.2, 0.25) is 0 Å². The summed E-state index contributed by atoms with van der Waals surface area (Å²) in [6.45, 7) is 4.62. The van der Waals surface area contributed by atoms with Crippen LogP contribution in [0.4, 0.5) is 0 Å². The van der Waals surface area contributed by atoms with Crippen molar-refractivity contribution in [1.29, 1.82) is 0 Å². The average Bonchev–Trinajstić information content (AvgIpc) is 3.51. The minimum Gasteiger partial charge on any atom is -0.306 e. The second-order valence-electron chi connectivity index (χ2n) is 11.2. The summed E-state index contributed by atoms with van der Waals surface area (Å²) in [7, 11) is 4.60. The molecule has 0 radical (unpaired) electrons. The van der Waals surface area contributed by atoms with E-state index in [9.17, 15) is 0 Å². The molecule has 0 bridgehead atoms. The first-order valence-electron chi connectivity index (χ1n) is 14.8. The van der Waals surface area contributed by atoms with Gasteiger partial charge in [0.15, 0.2) is 0 Å². The fourth-order valence-corrected chi connectivity index (χ4v) is 5.52. The molecule has 0 aliphatic heterocycles. The van der Waals surface area contributed by atoms with Gasteiger partial charge in [-0.05, 0) is 45.2 Å². The third kappa shape index (κ3) is 17.1. The Morgan fingerprint density at radius 3 is 1.29 bits per heavy atom. The van der Waals surface area contributed by atoms with Crippen molar-refractivity contribution in [3.63, 3.8) is 0 Å². The van der Waals surface area contributed by atoms with E-state index in [1.54, 1.807) is 12.8 Å². The second-order valence-corrected chi connectivity index (χ2v) is 11.2. The summed E-state index contributed by atoms with van der Waals surface area (Å²) in [5.41, 5.74) is 0. The van der Waals surface area contributed by atoms with Gasteiger partial charge in [-0.1, -0.05) is 142 Å². The van der Waals surface area contributed by atoms with Gasteiger partial charge >= 0.3 is 0 Å². The Hall–Kier alpha value is -0.0400. The van der Waals surface area contributed by atoms with Gasteiger partial charge in [0.1, 0.15) is 0 Å². The van der Waals surface area contributed by atoms with Crippen LogP contribution in [0, 0.1) is 11.8 Å². The fourth-order valence-electron chi connectivity index (χ4n) is 5.52. The molecule has 0 spiro atoms. The summed E-state index contributed by atoms with van der Waals surface area (Å²) in [5.74, 6) is 2.23. The first kappa shape index (κ1) is 29.0. The number of hydrogen-bond acceptors (Lipinski definition) is 1. The summed E-state index contributed by atoms with van der Waals surface area (Å²) in [5, 5.41) is 0. The lowest BCUT2D eigenvalue weighted by atomic mass is 9.99. The summed E-state index contributed by atoms with van der Waals surface area (Å²) in [6.07, 6.45) is 33.7. The molecule has 186 valence electrons. The van der Waals surface area contributed by atoms with Crippen molar-refractivity contribution in [3.05, 3.63) is 0 Å². The Balaban J connectivity index is 1.89. The van der Waals surface area contributed by atoms with Crippen LogP contribution < -0.4 is 0 Å². The van der Waals surface area contributed by atoms with Crippen LogP contribution in [0.1, 0.15) is 162 Å². The molecule has 0 heterocycles. The smallest absolute Gasteiger partial charge is 0.00891 e. The molecular weight excluding hydrogens is 374 g/mol. The Labute approximate surface area is 198 Å². The van der Waals surface area contributed by atoms with Crippen molar-refractivity contribution in [2.24, 2.45) is 11.8 Å². The summed E-state index contributed by atoms with van der Waals surface area (Å²) in [6, 6.07) is 0.825. The lowest BCUT2D eigenvalue weighted by molar-refractivity contribution is 0.251. The highest BCUT2D eigenvalue weighted by molar-refractivity contribution is 4.85. The van der Waals surface area contributed by atoms with E-state index in [2.05, 4.69) is 32.8 Å². The van der Waals surface area contributed by atoms with Gasteiger partial charge in [0.05, 0.1) is 0 Å². The van der Waals surface area contributed by atoms with Crippen LogP contribution in [0.2, 0.25) is 0 Å². The molecule has 1 aliphatic rings. The number of unbranched alkanes of at least 4 members (excludes halogenated alkanes) is 15. The largest absolute Gasteiger partial charge is 0.306 e. The molecule has 1 heteroatoms. The van der Waals surface area contributed by atoms with Crippen LogP contribution in [0.25, 0.3) is 0 Å². The number of rotatable bonds is 24. The standard InChI is InChI=1S/C30H61N/c1-5-7-9-11-13-15-16-19-23-28-27-29(28)24-20-18-22-26-30(31(3)4)25-21-17-14-12-10-8-6-2/h28-30H,5-27H2,1-4H3. The Kier molecular flexibility index (Phi) is 19.2. The van der Waals surface area contributed by atoms with Crippen LogP contribution in [-0.2, 0) is 0 Å². The quantitative estimate of drug-likeness (QED) is 0.136. The molecule has 1 aliphatic carbocycles. The van der Waals surface area contributed by atoms with Gasteiger partial charge in [-0.15, -0.1) is 0 Å². The summed E-state index contributed by atoms with van der Waals surface area (Å²) >= 11 is 0. The fraction of sp³-hybridized carbons (Fsp3) is 1.00. The van der Waals surface area contributed by atoms with Gasteiger partial charge in [0.25, 0.3) is 0 Å². The van der Waals surface area contributed by atoms with E-state index in [4.69, 9.17) is 0 Å². The highest BCUT2D eigenvalue weighted by Crippen LogP contribution is 2.45. The minimum absolute atomic E-state index is 0.825. The van der Waals surface area contributed by atoms with Gasteiger partial charge < -0.3 is 4.90 Å².